The summed E-state index contributed by atoms with van der Waals surface area (Å²) < 4.78 is 7.34. The zero-order valence-electron chi connectivity index (χ0n) is 19.5. The van der Waals surface area contributed by atoms with Crippen molar-refractivity contribution in [2.24, 2.45) is 0 Å². The van der Waals surface area contributed by atoms with E-state index in [-0.39, 0.29) is 11.5 Å². The first-order valence-electron chi connectivity index (χ1n) is 11.7. The van der Waals surface area contributed by atoms with Crippen LogP contribution >= 0.6 is 23.8 Å². The smallest absolute Gasteiger partial charge is 0.262 e. The Kier molecular flexibility index (Phi) is 7.18. The van der Waals surface area contributed by atoms with Crippen molar-refractivity contribution in [2.75, 3.05) is 31.2 Å². The van der Waals surface area contributed by atoms with Crippen LogP contribution in [-0.4, -0.2) is 41.8 Å². The van der Waals surface area contributed by atoms with Crippen LogP contribution in [0.25, 0.3) is 10.9 Å². The van der Waals surface area contributed by atoms with Gasteiger partial charge in [0.1, 0.15) is 0 Å². The minimum absolute atomic E-state index is 0.148. The maximum Gasteiger partial charge on any atom is 0.262 e. The van der Waals surface area contributed by atoms with Crippen molar-refractivity contribution in [2.45, 2.75) is 13.1 Å². The quantitative estimate of drug-likeness (QED) is 0.365. The first kappa shape index (κ1) is 24.2. The number of hydrogen-bond acceptors (Lipinski definition) is 5. The Labute approximate surface area is 218 Å². The molecular weight excluding hydrogens is 496 g/mol. The molecule has 0 saturated carbocycles. The summed E-state index contributed by atoms with van der Waals surface area (Å²) in [4.78, 5) is 31.3. The van der Waals surface area contributed by atoms with Gasteiger partial charge in [0.05, 0.1) is 30.7 Å². The molecule has 1 fully saturated rings. The van der Waals surface area contributed by atoms with Gasteiger partial charge in [0.2, 0.25) is 0 Å². The fourth-order valence-electron chi connectivity index (χ4n) is 4.26. The molecule has 3 aromatic carbocycles. The summed E-state index contributed by atoms with van der Waals surface area (Å²) in [5.74, 6) is -0.197. The van der Waals surface area contributed by atoms with E-state index in [0.717, 1.165) is 29.9 Å². The maximum atomic E-state index is 13.4. The number of carbonyl (C=O) groups excluding carboxylic acids is 1. The number of amides is 1. The Morgan fingerprint density at radius 1 is 1.06 bits per heavy atom. The second-order valence-electron chi connectivity index (χ2n) is 8.62. The molecule has 4 aromatic rings. The molecule has 184 valence electrons. The van der Waals surface area contributed by atoms with Crippen LogP contribution in [0.15, 0.2) is 71.5 Å². The molecule has 0 atom stereocenters. The van der Waals surface area contributed by atoms with Crippen molar-refractivity contribution in [3.63, 3.8) is 0 Å². The highest BCUT2D eigenvalue weighted by molar-refractivity contribution is 7.71. The molecule has 0 radical (unpaired) electrons. The van der Waals surface area contributed by atoms with Crippen LogP contribution in [-0.2, 0) is 17.8 Å². The van der Waals surface area contributed by atoms with E-state index in [2.05, 4.69) is 15.2 Å². The Bertz CT molecular complexity index is 1530. The molecule has 9 heteroatoms. The summed E-state index contributed by atoms with van der Waals surface area (Å²) >= 11 is 11.7. The van der Waals surface area contributed by atoms with Crippen LogP contribution in [0.2, 0.25) is 5.02 Å². The van der Waals surface area contributed by atoms with Gasteiger partial charge < -0.3 is 19.9 Å². The first-order chi connectivity index (χ1) is 17.5. The molecule has 0 bridgehead atoms. The third kappa shape index (κ3) is 5.21. The molecule has 7 nitrogen and oxygen atoms in total. The second-order valence-corrected chi connectivity index (χ2v) is 9.42. The van der Waals surface area contributed by atoms with Gasteiger partial charge in [0, 0.05) is 35.9 Å². The molecule has 1 saturated heterocycles. The van der Waals surface area contributed by atoms with Gasteiger partial charge >= 0.3 is 0 Å². The van der Waals surface area contributed by atoms with Crippen LogP contribution < -0.4 is 15.8 Å². The van der Waals surface area contributed by atoms with E-state index < -0.39 is 0 Å². The molecule has 0 spiro atoms. The zero-order chi connectivity index (χ0) is 25.1. The topological polar surface area (TPSA) is 79.4 Å². The summed E-state index contributed by atoms with van der Waals surface area (Å²) in [5.41, 5.74) is 3.80. The van der Waals surface area contributed by atoms with Crippen LogP contribution in [0.4, 0.5) is 5.69 Å². The van der Waals surface area contributed by atoms with Gasteiger partial charge in [-0.05, 0) is 59.7 Å². The number of aromatic amines is 1. The molecule has 1 aliphatic heterocycles. The molecule has 0 unspecified atom stereocenters. The molecule has 1 aliphatic rings. The third-order valence-electron chi connectivity index (χ3n) is 6.30. The van der Waals surface area contributed by atoms with Gasteiger partial charge in [-0.1, -0.05) is 41.9 Å². The fraction of sp³-hybridized carbons (Fsp3) is 0.222. The van der Waals surface area contributed by atoms with Crippen LogP contribution in [0.5, 0.6) is 0 Å². The van der Waals surface area contributed by atoms with Crippen LogP contribution in [0.1, 0.15) is 21.5 Å². The highest BCUT2D eigenvalue weighted by atomic mass is 35.5. The minimum atomic E-state index is -0.197. The molecule has 1 amide bonds. The number of carbonyl (C=O) groups is 1. The van der Waals surface area contributed by atoms with Crippen molar-refractivity contribution in [3.8, 4) is 0 Å². The monoisotopic (exact) mass is 520 g/mol. The van der Waals surface area contributed by atoms with Gasteiger partial charge in [-0.25, -0.2) is 0 Å². The summed E-state index contributed by atoms with van der Waals surface area (Å²) in [5, 5.41) is 4.08. The predicted molar refractivity (Wildman–Crippen MR) is 145 cm³/mol. The highest BCUT2D eigenvalue weighted by Gasteiger charge is 2.14. The van der Waals surface area contributed by atoms with Crippen molar-refractivity contribution < 1.29 is 9.53 Å². The lowest BCUT2D eigenvalue weighted by atomic mass is 10.1. The zero-order valence-corrected chi connectivity index (χ0v) is 21.1. The van der Waals surface area contributed by atoms with Crippen molar-refractivity contribution in [1.82, 2.24) is 14.9 Å². The lowest BCUT2D eigenvalue weighted by molar-refractivity contribution is 0.0951. The van der Waals surface area contributed by atoms with Crippen LogP contribution in [0, 0.1) is 4.77 Å². The van der Waals surface area contributed by atoms with Crippen LogP contribution in [0.3, 0.4) is 0 Å². The van der Waals surface area contributed by atoms with Crippen molar-refractivity contribution in [3.05, 3.63) is 104 Å². The number of morpholine rings is 1. The van der Waals surface area contributed by atoms with E-state index in [1.807, 2.05) is 48.5 Å². The van der Waals surface area contributed by atoms with E-state index in [9.17, 15) is 9.59 Å². The molecular formula is C27H25ClN4O3S. The molecule has 36 heavy (non-hydrogen) atoms. The minimum Gasteiger partial charge on any atom is -0.378 e. The second kappa shape index (κ2) is 10.7. The number of aromatic nitrogens is 2. The molecule has 1 aromatic heterocycles. The standard InChI is InChI=1S/C27H25ClN4O3S/c28-23-4-2-1-3-20(23)16-29-25(33)19-7-5-18(6-8-19)17-32-26(34)22-15-21(31-11-13-35-14-12-31)9-10-24(22)30-27(32)36/h1-10,15H,11-14,16-17H2,(H,29,33)(H,30,36). The largest absolute Gasteiger partial charge is 0.378 e. The van der Waals surface area contributed by atoms with Gasteiger partial charge in [-0.3, -0.25) is 14.2 Å². The number of H-pyrrole nitrogens is 1. The first-order valence-corrected chi connectivity index (χ1v) is 12.5. The Hall–Kier alpha value is -3.46. The summed E-state index contributed by atoms with van der Waals surface area (Å²) in [6.45, 7) is 3.57. The Balaban J connectivity index is 1.33. The number of nitrogens with one attached hydrogen (secondary N) is 2. The average molecular weight is 521 g/mol. The maximum absolute atomic E-state index is 13.4. The van der Waals surface area contributed by atoms with Crippen molar-refractivity contribution >= 4 is 46.3 Å². The van der Waals surface area contributed by atoms with Crippen molar-refractivity contribution in [1.29, 1.82) is 0 Å². The SMILES string of the molecule is O=C(NCc1ccccc1Cl)c1ccc(Cn2c(=S)[nH]c3ccc(N4CCOCC4)cc3c2=O)cc1. The number of halogens is 1. The average Bonchev–Trinajstić information content (AvgIpc) is 2.91. The van der Waals surface area contributed by atoms with Gasteiger partial charge in [-0.2, -0.15) is 0 Å². The highest BCUT2D eigenvalue weighted by Crippen LogP contribution is 2.20. The van der Waals surface area contributed by atoms with Gasteiger partial charge in [0.15, 0.2) is 4.77 Å². The summed E-state index contributed by atoms with van der Waals surface area (Å²) in [6.07, 6.45) is 0. The molecule has 0 aliphatic carbocycles. The molecule has 2 heterocycles. The number of fused-ring (bicyclic) bond motifs is 1. The number of hydrogen-bond donors (Lipinski definition) is 2. The van der Waals surface area contributed by atoms with Gasteiger partial charge in [0.25, 0.3) is 11.5 Å². The number of nitrogens with zero attached hydrogens (tertiary/aromatic N) is 2. The Morgan fingerprint density at radius 3 is 2.56 bits per heavy atom. The number of ether oxygens (including phenoxy) is 1. The number of benzene rings is 3. The van der Waals surface area contributed by atoms with E-state index in [4.69, 9.17) is 28.6 Å². The number of anilines is 1. The molecule has 2 N–H and O–H groups in total. The normalized spacial score (nSPS) is 13.6. The lowest BCUT2D eigenvalue weighted by Gasteiger charge is -2.29. The molecule has 5 rings (SSSR count). The van der Waals surface area contributed by atoms with E-state index >= 15 is 0 Å². The van der Waals surface area contributed by atoms with E-state index in [0.29, 0.717) is 52.6 Å². The van der Waals surface area contributed by atoms with E-state index in [1.165, 1.54) is 0 Å². The summed E-state index contributed by atoms with van der Waals surface area (Å²) in [7, 11) is 0. The predicted octanol–water partition coefficient (Wildman–Crippen LogP) is 4.53. The summed E-state index contributed by atoms with van der Waals surface area (Å²) in [6, 6.07) is 20.4. The fourth-order valence-corrected chi connectivity index (χ4v) is 4.72. The Morgan fingerprint density at radius 2 is 1.81 bits per heavy atom. The third-order valence-corrected chi connectivity index (χ3v) is 6.99. The van der Waals surface area contributed by atoms with Gasteiger partial charge in [-0.15, -0.1) is 0 Å². The number of rotatable bonds is 6. The van der Waals surface area contributed by atoms with E-state index in [1.54, 1.807) is 22.8 Å². The lowest BCUT2D eigenvalue weighted by Crippen LogP contribution is -2.36.